The van der Waals surface area contributed by atoms with Crippen LogP contribution < -0.4 is 10.6 Å². The van der Waals surface area contributed by atoms with Gasteiger partial charge in [-0.25, -0.2) is 4.98 Å². The maximum Gasteiger partial charge on any atom is 0.254 e. The lowest BCUT2D eigenvalue weighted by Crippen LogP contribution is -2.34. The van der Waals surface area contributed by atoms with Gasteiger partial charge in [0, 0.05) is 71.7 Å². The smallest absolute Gasteiger partial charge is 0.254 e. The van der Waals surface area contributed by atoms with Crippen LogP contribution in [0.3, 0.4) is 0 Å². The van der Waals surface area contributed by atoms with E-state index in [2.05, 4.69) is 50.5 Å². The van der Waals surface area contributed by atoms with E-state index in [0.717, 1.165) is 34.7 Å². The highest BCUT2D eigenvalue weighted by Gasteiger charge is 2.33. The first-order valence-corrected chi connectivity index (χ1v) is 18.0. The standard InChI is InChI=1S/C39H43N7O3S/c1-24(2)32-14-28(19-41-21-32)20-43-33-10-9-27(15-36(33)47)8-7-25(3)44-37(48)30-16-29(34-22-40-11-12-42-34)17-31(18-30)39(49)46-13-5-6-35(46)38-45-26(4)23-50-38/h9-12,14-19,21-25,35,43,47H,5-8,13,20H2,1-4H3,(H,44,48)/t25-,35+/m0/s1. The van der Waals surface area contributed by atoms with E-state index in [9.17, 15) is 14.7 Å². The molecule has 3 N–H and O–H groups in total. The summed E-state index contributed by atoms with van der Waals surface area (Å²) >= 11 is 1.58. The number of carbonyl (C=O) groups excluding carboxylic acids is 2. The zero-order chi connectivity index (χ0) is 35.2. The lowest BCUT2D eigenvalue weighted by Gasteiger charge is -2.24. The molecule has 0 spiro atoms. The highest BCUT2D eigenvalue weighted by Crippen LogP contribution is 2.35. The van der Waals surface area contributed by atoms with Crippen LogP contribution in [0, 0.1) is 6.92 Å². The molecular formula is C39H43N7O3S. The van der Waals surface area contributed by atoms with Crippen LogP contribution >= 0.6 is 11.3 Å². The molecule has 1 aliphatic heterocycles. The first-order valence-electron chi connectivity index (χ1n) is 17.1. The van der Waals surface area contributed by atoms with E-state index >= 15 is 0 Å². The maximum atomic E-state index is 14.0. The van der Waals surface area contributed by atoms with Crippen LogP contribution in [0.5, 0.6) is 5.75 Å². The first kappa shape index (κ1) is 34.7. The Bertz CT molecular complexity index is 1960. The molecule has 4 heterocycles. The number of nitrogens with one attached hydrogen (secondary N) is 2. The number of hydrogen-bond acceptors (Lipinski definition) is 9. The molecule has 3 aromatic heterocycles. The number of benzene rings is 2. The van der Waals surface area contributed by atoms with Crippen LogP contribution in [0.15, 0.2) is 78.8 Å². The van der Waals surface area contributed by atoms with Gasteiger partial charge in [-0.1, -0.05) is 26.0 Å². The molecule has 2 atom stereocenters. The number of rotatable bonds is 12. The molecule has 0 radical (unpaired) electrons. The van der Waals surface area contributed by atoms with Gasteiger partial charge < -0.3 is 20.6 Å². The fourth-order valence-corrected chi connectivity index (χ4v) is 7.14. The number of carbonyl (C=O) groups is 2. The number of aromatic nitrogens is 4. The molecule has 0 unspecified atom stereocenters. The number of nitrogens with zero attached hydrogens (tertiary/aromatic N) is 5. The first-order chi connectivity index (χ1) is 24.1. The van der Waals surface area contributed by atoms with E-state index in [1.54, 1.807) is 54.2 Å². The zero-order valence-electron chi connectivity index (χ0n) is 28.9. The molecule has 2 amide bonds. The number of amides is 2. The number of anilines is 1. The fourth-order valence-electron chi connectivity index (χ4n) is 6.20. The summed E-state index contributed by atoms with van der Waals surface area (Å²) in [6.45, 7) is 9.38. The van der Waals surface area contributed by atoms with Crippen molar-refractivity contribution in [1.29, 1.82) is 0 Å². The van der Waals surface area contributed by atoms with E-state index < -0.39 is 0 Å². The molecule has 2 aromatic carbocycles. The largest absolute Gasteiger partial charge is 0.506 e. The molecule has 1 aliphatic rings. The predicted molar refractivity (Wildman–Crippen MR) is 196 cm³/mol. The van der Waals surface area contributed by atoms with Gasteiger partial charge in [0.05, 0.1) is 23.6 Å². The third-order valence-electron chi connectivity index (χ3n) is 9.01. The molecule has 10 nitrogen and oxygen atoms in total. The van der Waals surface area contributed by atoms with Gasteiger partial charge in [-0.05, 0) is 92.5 Å². The number of aromatic hydroxyl groups is 1. The van der Waals surface area contributed by atoms with E-state index in [-0.39, 0.29) is 29.6 Å². The van der Waals surface area contributed by atoms with Gasteiger partial charge in [-0.3, -0.25) is 24.5 Å². The Morgan fingerprint density at radius 3 is 2.58 bits per heavy atom. The van der Waals surface area contributed by atoms with E-state index in [1.807, 2.05) is 48.7 Å². The van der Waals surface area contributed by atoms with Gasteiger partial charge in [-0.15, -0.1) is 11.3 Å². The summed E-state index contributed by atoms with van der Waals surface area (Å²) in [5.74, 6) is 0.164. The Morgan fingerprint density at radius 2 is 1.84 bits per heavy atom. The fraction of sp³-hybridized carbons (Fsp3) is 0.333. The number of hydrogen-bond donors (Lipinski definition) is 3. The van der Waals surface area contributed by atoms with E-state index in [4.69, 9.17) is 0 Å². The van der Waals surface area contributed by atoms with Crippen molar-refractivity contribution in [2.24, 2.45) is 0 Å². The van der Waals surface area contributed by atoms with Crippen molar-refractivity contribution in [3.63, 3.8) is 0 Å². The van der Waals surface area contributed by atoms with Crippen LogP contribution in [-0.2, 0) is 13.0 Å². The summed E-state index contributed by atoms with van der Waals surface area (Å²) in [6.07, 6.45) is 11.6. The minimum atomic E-state index is -0.274. The number of aryl methyl sites for hydroxylation is 2. The van der Waals surface area contributed by atoms with Gasteiger partial charge in [0.1, 0.15) is 10.8 Å². The molecule has 5 aromatic rings. The van der Waals surface area contributed by atoms with Crippen LogP contribution in [0.2, 0.25) is 0 Å². The van der Waals surface area contributed by atoms with Gasteiger partial charge in [0.2, 0.25) is 0 Å². The summed E-state index contributed by atoms with van der Waals surface area (Å²) < 4.78 is 0. The topological polar surface area (TPSA) is 133 Å². The molecule has 50 heavy (non-hydrogen) atoms. The van der Waals surface area contributed by atoms with Crippen LogP contribution in [0.4, 0.5) is 5.69 Å². The normalized spacial score (nSPS) is 14.9. The Balaban J connectivity index is 1.11. The highest BCUT2D eigenvalue weighted by molar-refractivity contribution is 7.09. The number of pyridine rings is 1. The summed E-state index contributed by atoms with van der Waals surface area (Å²) in [4.78, 5) is 47.1. The molecule has 0 aliphatic carbocycles. The van der Waals surface area contributed by atoms with Crippen molar-refractivity contribution in [3.8, 4) is 17.0 Å². The third kappa shape index (κ3) is 8.34. The van der Waals surface area contributed by atoms with Crippen molar-refractivity contribution >= 4 is 28.8 Å². The number of likely N-dealkylation sites (tertiary alicyclic amines) is 1. The van der Waals surface area contributed by atoms with E-state index in [1.165, 1.54) is 5.56 Å². The van der Waals surface area contributed by atoms with Crippen molar-refractivity contribution in [3.05, 3.63) is 117 Å². The lowest BCUT2D eigenvalue weighted by atomic mass is 10.0. The molecular weight excluding hydrogens is 647 g/mol. The zero-order valence-corrected chi connectivity index (χ0v) is 29.7. The minimum Gasteiger partial charge on any atom is -0.506 e. The second kappa shape index (κ2) is 15.6. The Morgan fingerprint density at radius 1 is 1.00 bits per heavy atom. The Labute approximate surface area is 297 Å². The molecule has 1 saturated heterocycles. The molecule has 6 rings (SSSR count). The van der Waals surface area contributed by atoms with Crippen molar-refractivity contribution in [2.75, 3.05) is 11.9 Å². The van der Waals surface area contributed by atoms with Gasteiger partial charge in [0.15, 0.2) is 0 Å². The SMILES string of the molecule is Cc1csc([C@H]2CCCN2C(=O)c2cc(C(=O)N[C@@H](C)CCc3ccc(NCc4cncc(C(C)C)c4)c(O)c3)cc(-c3cnccn3)c2)n1. The van der Waals surface area contributed by atoms with Gasteiger partial charge >= 0.3 is 0 Å². The summed E-state index contributed by atoms with van der Waals surface area (Å²) in [7, 11) is 0. The molecule has 11 heteroatoms. The van der Waals surface area contributed by atoms with Gasteiger partial charge in [0.25, 0.3) is 11.8 Å². The molecule has 0 saturated carbocycles. The predicted octanol–water partition coefficient (Wildman–Crippen LogP) is 7.47. The number of phenols is 1. The van der Waals surface area contributed by atoms with E-state index in [0.29, 0.717) is 59.9 Å². The Hall–Kier alpha value is -5.16. The maximum absolute atomic E-state index is 14.0. The molecule has 1 fully saturated rings. The average molecular weight is 690 g/mol. The third-order valence-corrected chi connectivity index (χ3v) is 10.1. The molecule has 0 bridgehead atoms. The van der Waals surface area contributed by atoms with Gasteiger partial charge in [-0.2, -0.15) is 0 Å². The second-order valence-corrected chi connectivity index (χ2v) is 14.2. The van der Waals surface area contributed by atoms with Crippen molar-refractivity contribution < 1.29 is 14.7 Å². The van der Waals surface area contributed by atoms with Crippen LogP contribution in [-0.4, -0.2) is 54.3 Å². The summed E-state index contributed by atoms with van der Waals surface area (Å²) in [6, 6.07) is 12.7. The highest BCUT2D eigenvalue weighted by atomic mass is 32.1. The number of thiazole rings is 1. The van der Waals surface area contributed by atoms with Crippen LogP contribution in [0.25, 0.3) is 11.3 Å². The van der Waals surface area contributed by atoms with Crippen molar-refractivity contribution in [1.82, 2.24) is 30.2 Å². The Kier molecular flexibility index (Phi) is 10.8. The van der Waals surface area contributed by atoms with Crippen LogP contribution in [0.1, 0.15) is 100 Å². The number of phenolic OH excluding ortho intramolecular Hbond substituents is 1. The quantitative estimate of drug-likeness (QED) is 0.115. The second-order valence-electron chi connectivity index (χ2n) is 13.3. The average Bonchev–Trinajstić information content (AvgIpc) is 3.79. The summed E-state index contributed by atoms with van der Waals surface area (Å²) in [5.41, 5.74) is 6.83. The monoisotopic (exact) mass is 689 g/mol. The molecule has 258 valence electrons. The van der Waals surface area contributed by atoms with Crippen molar-refractivity contribution in [2.45, 2.75) is 77.9 Å². The summed E-state index contributed by atoms with van der Waals surface area (Å²) in [5, 5.41) is 20.1. The minimum absolute atomic E-state index is 0.0814. The lowest BCUT2D eigenvalue weighted by molar-refractivity contribution is 0.0735.